The quantitative estimate of drug-likeness (QED) is 0.782. The molecular formula is C12H9BrO3. The molecule has 3 nitrogen and oxygen atoms in total. The predicted octanol–water partition coefficient (Wildman–Crippen LogP) is 3.48. The van der Waals surface area contributed by atoms with Crippen LogP contribution in [0.2, 0.25) is 0 Å². The topological polar surface area (TPSA) is 46.5 Å². The molecule has 0 bridgehead atoms. The van der Waals surface area contributed by atoms with Gasteiger partial charge < -0.3 is 13.9 Å². The number of furan rings is 2. The third kappa shape index (κ3) is 1.23. The summed E-state index contributed by atoms with van der Waals surface area (Å²) in [4.78, 5) is 0. The Kier molecular flexibility index (Phi) is 2.26. The number of fused-ring (bicyclic) bond motifs is 2. The zero-order valence-electron chi connectivity index (χ0n) is 8.37. The minimum atomic E-state index is 0.0950. The highest BCUT2D eigenvalue weighted by atomic mass is 79.9. The molecule has 0 spiro atoms. The maximum atomic E-state index is 9.10. The molecule has 4 heteroatoms. The molecule has 0 fully saturated rings. The largest absolute Gasteiger partial charge is 0.464 e. The first-order valence-electron chi connectivity index (χ1n) is 4.98. The Bertz CT molecular complexity index is 599. The van der Waals surface area contributed by atoms with Crippen LogP contribution < -0.4 is 0 Å². The molecule has 2 heterocycles. The monoisotopic (exact) mass is 280 g/mol. The fourth-order valence-electron chi connectivity index (χ4n) is 2.04. The summed E-state index contributed by atoms with van der Waals surface area (Å²) in [6.07, 6.45) is 3.86. The van der Waals surface area contributed by atoms with Crippen molar-refractivity contribution in [1.29, 1.82) is 0 Å². The van der Waals surface area contributed by atoms with Gasteiger partial charge in [0.15, 0.2) is 0 Å². The van der Waals surface area contributed by atoms with E-state index < -0.39 is 0 Å². The van der Waals surface area contributed by atoms with E-state index in [-0.39, 0.29) is 6.61 Å². The molecular weight excluding hydrogens is 272 g/mol. The smallest absolute Gasteiger partial charge is 0.149 e. The van der Waals surface area contributed by atoms with E-state index in [1.54, 1.807) is 12.5 Å². The van der Waals surface area contributed by atoms with Crippen LogP contribution in [0.4, 0.5) is 0 Å². The Labute approximate surface area is 99.8 Å². The average Bonchev–Trinajstić information content (AvgIpc) is 2.92. The molecule has 0 saturated heterocycles. The lowest BCUT2D eigenvalue weighted by Crippen LogP contribution is -1.92. The van der Waals surface area contributed by atoms with Gasteiger partial charge >= 0.3 is 0 Å². The average molecular weight is 281 g/mol. The summed E-state index contributed by atoms with van der Waals surface area (Å²) in [7, 11) is 0. The van der Waals surface area contributed by atoms with E-state index >= 15 is 0 Å². The molecule has 0 radical (unpaired) electrons. The van der Waals surface area contributed by atoms with Gasteiger partial charge in [0.25, 0.3) is 0 Å². The fraction of sp³-hybridized carbons (Fsp3) is 0.167. The number of aliphatic hydroxyl groups excluding tert-OH is 1. The molecule has 3 aromatic rings. The molecule has 0 aliphatic rings. The normalized spacial score (nSPS) is 11.6. The SMILES string of the molecule is OCCc1c2ccoc2c(Br)c2ccoc12. The van der Waals surface area contributed by atoms with Crippen LogP contribution in [-0.2, 0) is 6.42 Å². The molecule has 0 aliphatic heterocycles. The van der Waals surface area contributed by atoms with E-state index in [0.29, 0.717) is 6.42 Å². The maximum Gasteiger partial charge on any atom is 0.149 e. The molecule has 2 aromatic heterocycles. The van der Waals surface area contributed by atoms with E-state index in [0.717, 1.165) is 32.0 Å². The van der Waals surface area contributed by atoms with Crippen molar-refractivity contribution in [1.82, 2.24) is 0 Å². The summed E-state index contributed by atoms with van der Waals surface area (Å²) in [5.74, 6) is 0. The highest BCUT2D eigenvalue weighted by molar-refractivity contribution is 9.10. The first-order valence-corrected chi connectivity index (χ1v) is 5.78. The summed E-state index contributed by atoms with van der Waals surface area (Å²) >= 11 is 3.51. The van der Waals surface area contributed by atoms with Crippen molar-refractivity contribution in [3.05, 3.63) is 34.7 Å². The number of hydrogen-bond acceptors (Lipinski definition) is 3. The molecule has 0 atom stereocenters. The van der Waals surface area contributed by atoms with E-state index in [9.17, 15) is 0 Å². The van der Waals surface area contributed by atoms with Gasteiger partial charge in [-0.05, 0) is 34.5 Å². The lowest BCUT2D eigenvalue weighted by atomic mass is 10.0. The fourth-order valence-corrected chi connectivity index (χ4v) is 2.66. The van der Waals surface area contributed by atoms with Crippen molar-refractivity contribution in [2.24, 2.45) is 0 Å². The predicted molar refractivity (Wildman–Crippen MR) is 64.5 cm³/mol. The van der Waals surface area contributed by atoms with Crippen molar-refractivity contribution in [3.63, 3.8) is 0 Å². The minimum Gasteiger partial charge on any atom is -0.464 e. The Balaban J connectivity index is 2.51. The van der Waals surface area contributed by atoms with E-state index in [1.165, 1.54) is 0 Å². The van der Waals surface area contributed by atoms with Gasteiger partial charge in [-0.25, -0.2) is 0 Å². The van der Waals surface area contributed by atoms with Gasteiger partial charge in [0.1, 0.15) is 11.2 Å². The van der Waals surface area contributed by atoms with Crippen molar-refractivity contribution < 1.29 is 13.9 Å². The van der Waals surface area contributed by atoms with E-state index in [2.05, 4.69) is 15.9 Å². The zero-order valence-corrected chi connectivity index (χ0v) is 9.95. The number of halogens is 1. The van der Waals surface area contributed by atoms with Gasteiger partial charge in [0.2, 0.25) is 0 Å². The van der Waals surface area contributed by atoms with Crippen molar-refractivity contribution in [2.75, 3.05) is 6.61 Å². The van der Waals surface area contributed by atoms with Crippen molar-refractivity contribution in [2.45, 2.75) is 6.42 Å². The molecule has 3 rings (SSSR count). The summed E-state index contributed by atoms with van der Waals surface area (Å²) < 4.78 is 11.8. The van der Waals surface area contributed by atoms with Crippen LogP contribution in [0.25, 0.3) is 21.9 Å². The zero-order chi connectivity index (χ0) is 11.1. The van der Waals surface area contributed by atoms with Crippen LogP contribution in [0.1, 0.15) is 5.56 Å². The van der Waals surface area contributed by atoms with Gasteiger partial charge in [0.05, 0.1) is 17.0 Å². The van der Waals surface area contributed by atoms with Gasteiger partial charge in [-0.1, -0.05) is 0 Å². The number of hydrogen-bond donors (Lipinski definition) is 1. The van der Waals surface area contributed by atoms with Gasteiger partial charge in [-0.2, -0.15) is 0 Å². The highest BCUT2D eigenvalue weighted by Crippen LogP contribution is 2.37. The Morgan fingerprint density at radius 1 is 1.06 bits per heavy atom. The Morgan fingerprint density at radius 3 is 2.50 bits per heavy atom. The number of rotatable bonds is 2. The molecule has 16 heavy (non-hydrogen) atoms. The second kappa shape index (κ2) is 3.64. The first-order chi connectivity index (χ1) is 7.83. The van der Waals surface area contributed by atoms with Crippen LogP contribution in [0.15, 0.2) is 38.0 Å². The summed E-state index contributed by atoms with van der Waals surface area (Å²) in [6, 6.07) is 3.79. The Morgan fingerprint density at radius 2 is 1.75 bits per heavy atom. The van der Waals surface area contributed by atoms with Crippen LogP contribution in [0.3, 0.4) is 0 Å². The third-order valence-corrected chi connectivity index (χ3v) is 3.51. The van der Waals surface area contributed by atoms with Crippen molar-refractivity contribution in [3.8, 4) is 0 Å². The van der Waals surface area contributed by atoms with Crippen LogP contribution in [0.5, 0.6) is 0 Å². The second-order valence-electron chi connectivity index (χ2n) is 3.59. The van der Waals surface area contributed by atoms with E-state index in [4.69, 9.17) is 13.9 Å². The number of benzene rings is 1. The number of aliphatic hydroxyl groups is 1. The lowest BCUT2D eigenvalue weighted by Gasteiger charge is -2.04. The van der Waals surface area contributed by atoms with Gasteiger partial charge in [-0.15, -0.1) is 0 Å². The maximum absolute atomic E-state index is 9.10. The second-order valence-corrected chi connectivity index (χ2v) is 4.39. The summed E-state index contributed by atoms with van der Waals surface area (Å²) in [5, 5.41) is 11.1. The minimum absolute atomic E-state index is 0.0950. The highest BCUT2D eigenvalue weighted by Gasteiger charge is 2.16. The molecule has 0 saturated carbocycles. The first kappa shape index (κ1) is 9.93. The van der Waals surface area contributed by atoms with Crippen LogP contribution in [-0.4, -0.2) is 11.7 Å². The lowest BCUT2D eigenvalue weighted by molar-refractivity contribution is 0.300. The van der Waals surface area contributed by atoms with E-state index in [1.807, 2.05) is 12.1 Å². The molecule has 1 aromatic carbocycles. The summed E-state index contributed by atoms with van der Waals surface area (Å²) in [5.41, 5.74) is 2.61. The molecule has 0 unspecified atom stereocenters. The van der Waals surface area contributed by atoms with Gasteiger partial charge in [0, 0.05) is 22.9 Å². The van der Waals surface area contributed by atoms with Crippen LogP contribution >= 0.6 is 15.9 Å². The van der Waals surface area contributed by atoms with Crippen molar-refractivity contribution >= 4 is 37.9 Å². The molecule has 82 valence electrons. The molecule has 0 amide bonds. The molecule has 0 aliphatic carbocycles. The van der Waals surface area contributed by atoms with Gasteiger partial charge in [-0.3, -0.25) is 0 Å². The third-order valence-electron chi connectivity index (χ3n) is 2.73. The standard InChI is InChI=1S/C12H9BrO3/c13-10-9-3-6-15-11(9)7(1-4-14)8-2-5-16-12(8)10/h2-3,5-6,14H,1,4H2. The van der Waals surface area contributed by atoms with Crippen LogP contribution in [0, 0.1) is 0 Å². The molecule has 1 N–H and O–H groups in total. The Hall–Kier alpha value is -1.26. The summed E-state index contributed by atoms with van der Waals surface area (Å²) in [6.45, 7) is 0.0950.